The van der Waals surface area contributed by atoms with Crippen LogP contribution in [0.25, 0.3) is 0 Å². The normalized spacial score (nSPS) is 14.2. The molecule has 1 aromatic rings. The zero-order chi connectivity index (χ0) is 12.1. The van der Waals surface area contributed by atoms with Gasteiger partial charge in [-0.1, -0.05) is 35.0 Å². The summed E-state index contributed by atoms with van der Waals surface area (Å²) in [4.78, 5) is 11.6. The van der Waals surface area contributed by atoms with Crippen molar-refractivity contribution in [2.24, 2.45) is 11.7 Å². The van der Waals surface area contributed by atoms with Crippen LogP contribution in [0.2, 0.25) is 0 Å². The number of nitrogens with one attached hydrogen (secondary N) is 1. The topological polar surface area (TPSA) is 55.1 Å². The lowest BCUT2D eigenvalue weighted by Gasteiger charge is -2.17. The van der Waals surface area contributed by atoms with Gasteiger partial charge in [-0.25, -0.2) is 0 Å². The van der Waals surface area contributed by atoms with Crippen LogP contribution in [0, 0.1) is 5.92 Å². The molecule has 1 amide bonds. The van der Waals surface area contributed by atoms with Crippen LogP contribution in [0.1, 0.15) is 25.5 Å². The van der Waals surface area contributed by atoms with Gasteiger partial charge in [0.2, 0.25) is 5.91 Å². The molecular formula is C12H17BrN2O. The Balaban J connectivity index is 2.65. The van der Waals surface area contributed by atoms with Crippen LogP contribution in [0.3, 0.4) is 0 Å². The van der Waals surface area contributed by atoms with E-state index in [1.807, 2.05) is 38.1 Å². The molecule has 2 unspecified atom stereocenters. The number of amides is 1. The first kappa shape index (κ1) is 13.2. The summed E-state index contributed by atoms with van der Waals surface area (Å²) in [5, 5.41) is 2.93. The summed E-state index contributed by atoms with van der Waals surface area (Å²) in [7, 11) is 0. The summed E-state index contributed by atoms with van der Waals surface area (Å²) in [6, 6.07) is 7.90. The molecule has 16 heavy (non-hydrogen) atoms. The van der Waals surface area contributed by atoms with Gasteiger partial charge in [-0.15, -0.1) is 0 Å². The minimum atomic E-state index is -0.144. The van der Waals surface area contributed by atoms with Crippen molar-refractivity contribution >= 4 is 21.8 Å². The first-order valence-electron chi connectivity index (χ1n) is 5.30. The highest BCUT2D eigenvalue weighted by atomic mass is 79.9. The predicted octanol–water partition coefficient (Wildman–Crippen LogP) is 2.22. The molecule has 0 heterocycles. The maximum atomic E-state index is 11.6. The standard InChI is InChI=1S/C12H17BrN2O/c1-8(7-14)12(16)15-9(2)10-4-3-5-11(13)6-10/h3-6,8-9H,7,14H2,1-2H3,(H,15,16). The first-order chi connectivity index (χ1) is 7.54. The molecule has 0 spiro atoms. The van der Waals surface area contributed by atoms with Gasteiger partial charge in [0.25, 0.3) is 0 Å². The number of hydrogen-bond acceptors (Lipinski definition) is 2. The smallest absolute Gasteiger partial charge is 0.224 e. The second-order valence-electron chi connectivity index (χ2n) is 3.92. The van der Waals surface area contributed by atoms with Crippen molar-refractivity contribution in [2.75, 3.05) is 6.54 Å². The minimum Gasteiger partial charge on any atom is -0.349 e. The summed E-state index contributed by atoms with van der Waals surface area (Å²) < 4.78 is 1.01. The number of carbonyl (C=O) groups excluding carboxylic acids is 1. The Morgan fingerprint density at radius 3 is 2.75 bits per heavy atom. The zero-order valence-electron chi connectivity index (χ0n) is 9.53. The molecule has 1 aromatic carbocycles. The van der Waals surface area contributed by atoms with Crippen molar-refractivity contribution < 1.29 is 4.79 Å². The molecule has 0 saturated carbocycles. The quantitative estimate of drug-likeness (QED) is 0.891. The first-order valence-corrected chi connectivity index (χ1v) is 6.09. The molecule has 88 valence electrons. The third-order valence-electron chi connectivity index (χ3n) is 2.51. The molecule has 4 heteroatoms. The van der Waals surface area contributed by atoms with Gasteiger partial charge in [0.1, 0.15) is 0 Å². The Labute approximate surface area is 105 Å². The molecule has 0 saturated heterocycles. The Kier molecular flexibility index (Phi) is 4.96. The summed E-state index contributed by atoms with van der Waals surface area (Å²) in [6.45, 7) is 4.16. The van der Waals surface area contributed by atoms with Crippen molar-refractivity contribution in [1.29, 1.82) is 0 Å². The lowest BCUT2D eigenvalue weighted by Crippen LogP contribution is -2.34. The van der Waals surface area contributed by atoms with E-state index in [4.69, 9.17) is 5.73 Å². The highest BCUT2D eigenvalue weighted by Crippen LogP contribution is 2.18. The number of hydrogen-bond donors (Lipinski definition) is 2. The Bertz CT molecular complexity index is 368. The second-order valence-corrected chi connectivity index (χ2v) is 4.84. The van der Waals surface area contributed by atoms with Gasteiger partial charge in [0.15, 0.2) is 0 Å². The zero-order valence-corrected chi connectivity index (χ0v) is 11.1. The van der Waals surface area contributed by atoms with Crippen LogP contribution < -0.4 is 11.1 Å². The molecule has 0 fully saturated rings. The van der Waals surface area contributed by atoms with Crippen molar-refractivity contribution in [3.63, 3.8) is 0 Å². The van der Waals surface area contributed by atoms with Crippen molar-refractivity contribution in [3.8, 4) is 0 Å². The average Bonchev–Trinajstić information content (AvgIpc) is 2.27. The molecule has 0 aliphatic rings. The van der Waals surface area contributed by atoms with E-state index in [1.165, 1.54) is 0 Å². The summed E-state index contributed by atoms with van der Waals surface area (Å²) in [5.41, 5.74) is 6.52. The van der Waals surface area contributed by atoms with Gasteiger partial charge in [0, 0.05) is 16.9 Å². The fourth-order valence-corrected chi connectivity index (χ4v) is 1.74. The number of nitrogens with two attached hydrogens (primary N) is 1. The van der Waals surface area contributed by atoms with Crippen molar-refractivity contribution in [3.05, 3.63) is 34.3 Å². The fraction of sp³-hybridized carbons (Fsp3) is 0.417. The molecule has 0 aliphatic carbocycles. The van der Waals surface area contributed by atoms with Crippen LogP contribution in [0.5, 0.6) is 0 Å². The van der Waals surface area contributed by atoms with E-state index in [0.29, 0.717) is 6.54 Å². The number of benzene rings is 1. The summed E-state index contributed by atoms with van der Waals surface area (Å²) in [6.07, 6.45) is 0. The van der Waals surface area contributed by atoms with Crippen LogP contribution in [0.4, 0.5) is 0 Å². The van der Waals surface area contributed by atoms with Gasteiger partial charge in [-0.3, -0.25) is 4.79 Å². The van der Waals surface area contributed by atoms with E-state index in [9.17, 15) is 4.79 Å². The molecule has 3 N–H and O–H groups in total. The largest absolute Gasteiger partial charge is 0.349 e. The SMILES string of the molecule is CC(CN)C(=O)NC(C)c1cccc(Br)c1. The lowest BCUT2D eigenvalue weighted by atomic mass is 10.1. The Morgan fingerprint density at radius 2 is 2.19 bits per heavy atom. The molecule has 0 aromatic heterocycles. The second kappa shape index (κ2) is 6.01. The predicted molar refractivity (Wildman–Crippen MR) is 68.9 cm³/mol. The summed E-state index contributed by atoms with van der Waals surface area (Å²) >= 11 is 3.41. The average molecular weight is 285 g/mol. The third-order valence-corrected chi connectivity index (χ3v) is 3.00. The third kappa shape index (κ3) is 3.61. The monoisotopic (exact) mass is 284 g/mol. The van der Waals surface area contributed by atoms with Crippen LogP contribution in [0.15, 0.2) is 28.7 Å². The van der Waals surface area contributed by atoms with E-state index < -0.39 is 0 Å². The van der Waals surface area contributed by atoms with E-state index >= 15 is 0 Å². The maximum absolute atomic E-state index is 11.6. The lowest BCUT2D eigenvalue weighted by molar-refractivity contribution is -0.124. The van der Waals surface area contributed by atoms with E-state index in [1.54, 1.807) is 0 Å². The number of rotatable bonds is 4. The van der Waals surface area contributed by atoms with Crippen LogP contribution in [-0.4, -0.2) is 12.5 Å². The Hall–Kier alpha value is -0.870. The molecular weight excluding hydrogens is 268 g/mol. The maximum Gasteiger partial charge on any atom is 0.224 e. The number of carbonyl (C=O) groups is 1. The highest BCUT2D eigenvalue weighted by Gasteiger charge is 2.14. The minimum absolute atomic E-state index is 0.000926. The van der Waals surface area contributed by atoms with E-state index in [0.717, 1.165) is 10.0 Å². The van der Waals surface area contributed by atoms with Gasteiger partial charge < -0.3 is 11.1 Å². The number of halogens is 1. The van der Waals surface area contributed by atoms with Crippen LogP contribution in [-0.2, 0) is 4.79 Å². The van der Waals surface area contributed by atoms with E-state index in [2.05, 4.69) is 21.2 Å². The molecule has 0 radical (unpaired) electrons. The van der Waals surface area contributed by atoms with Gasteiger partial charge in [0.05, 0.1) is 6.04 Å². The van der Waals surface area contributed by atoms with E-state index in [-0.39, 0.29) is 17.9 Å². The Morgan fingerprint density at radius 1 is 1.50 bits per heavy atom. The molecule has 0 bridgehead atoms. The highest BCUT2D eigenvalue weighted by molar-refractivity contribution is 9.10. The molecule has 3 nitrogen and oxygen atoms in total. The van der Waals surface area contributed by atoms with Gasteiger partial charge in [-0.2, -0.15) is 0 Å². The summed E-state index contributed by atoms with van der Waals surface area (Å²) in [5.74, 6) is -0.149. The van der Waals surface area contributed by atoms with Gasteiger partial charge >= 0.3 is 0 Å². The van der Waals surface area contributed by atoms with Crippen molar-refractivity contribution in [2.45, 2.75) is 19.9 Å². The molecule has 1 rings (SSSR count). The van der Waals surface area contributed by atoms with Crippen LogP contribution >= 0.6 is 15.9 Å². The van der Waals surface area contributed by atoms with Crippen molar-refractivity contribution in [1.82, 2.24) is 5.32 Å². The van der Waals surface area contributed by atoms with Gasteiger partial charge in [-0.05, 0) is 24.6 Å². The fourth-order valence-electron chi connectivity index (χ4n) is 1.32. The molecule has 0 aliphatic heterocycles. The molecule has 2 atom stereocenters.